The van der Waals surface area contributed by atoms with Crippen LogP contribution in [0.1, 0.15) is 21.7 Å². The summed E-state index contributed by atoms with van der Waals surface area (Å²) in [7, 11) is 1.23. The van der Waals surface area contributed by atoms with Gasteiger partial charge in [0.05, 0.1) is 13.3 Å². The third kappa shape index (κ3) is 2.55. The summed E-state index contributed by atoms with van der Waals surface area (Å²) in [5.74, 6) is -3.38. The molecule has 2 aromatic heterocycles. The van der Waals surface area contributed by atoms with Gasteiger partial charge < -0.3 is 9.15 Å². The third-order valence-corrected chi connectivity index (χ3v) is 3.60. The Morgan fingerprint density at radius 2 is 2.00 bits per heavy atom. The molecule has 3 rings (SSSR count). The Balaban J connectivity index is 2.17. The van der Waals surface area contributed by atoms with E-state index in [0.717, 1.165) is 0 Å². The number of rotatable bonds is 3. The van der Waals surface area contributed by atoms with E-state index >= 15 is 0 Å². The lowest BCUT2D eigenvalue weighted by molar-refractivity contribution is 0.100. The predicted octanol–water partition coefficient (Wildman–Crippen LogP) is 4.31. The number of methoxy groups -OCH3 is 1. The van der Waals surface area contributed by atoms with Gasteiger partial charge in [-0.1, -0.05) is 11.6 Å². The fourth-order valence-corrected chi connectivity index (χ4v) is 2.41. The minimum atomic E-state index is -1.07. The molecule has 0 saturated heterocycles. The second kappa shape index (κ2) is 5.62. The van der Waals surface area contributed by atoms with E-state index in [4.69, 9.17) is 20.8 Å². The van der Waals surface area contributed by atoms with Crippen molar-refractivity contribution in [2.24, 2.45) is 0 Å². The van der Waals surface area contributed by atoms with Crippen molar-refractivity contribution in [2.45, 2.75) is 6.92 Å². The number of furan rings is 1. The van der Waals surface area contributed by atoms with E-state index in [9.17, 15) is 13.6 Å². The van der Waals surface area contributed by atoms with Crippen molar-refractivity contribution in [3.05, 3.63) is 58.1 Å². The molecule has 0 atom stereocenters. The van der Waals surface area contributed by atoms with Crippen LogP contribution < -0.4 is 4.74 Å². The first-order chi connectivity index (χ1) is 10.9. The first-order valence-corrected chi connectivity index (χ1v) is 6.92. The quantitative estimate of drug-likeness (QED) is 0.528. The second-order valence-corrected chi connectivity index (χ2v) is 5.27. The Labute approximate surface area is 134 Å². The molecule has 0 spiro atoms. The van der Waals surface area contributed by atoms with Gasteiger partial charge in [0.15, 0.2) is 22.9 Å². The number of nitrogens with zero attached hydrogens (tertiary/aromatic N) is 1. The Morgan fingerprint density at radius 3 is 2.70 bits per heavy atom. The molecular formula is C16H10ClF2NO3. The highest BCUT2D eigenvalue weighted by Crippen LogP contribution is 2.30. The summed E-state index contributed by atoms with van der Waals surface area (Å²) in [6.07, 6.45) is 1.33. The molecule has 4 nitrogen and oxygen atoms in total. The topological polar surface area (TPSA) is 52.3 Å². The molecule has 0 N–H and O–H groups in total. The number of hydrogen-bond donors (Lipinski definition) is 0. The van der Waals surface area contributed by atoms with Crippen molar-refractivity contribution in [2.75, 3.05) is 7.11 Å². The van der Waals surface area contributed by atoms with Crippen molar-refractivity contribution in [3.63, 3.8) is 0 Å². The number of fused-ring (bicyclic) bond motifs is 1. The van der Waals surface area contributed by atoms with Gasteiger partial charge in [-0.2, -0.15) is 0 Å². The van der Waals surface area contributed by atoms with Crippen LogP contribution in [0.25, 0.3) is 11.0 Å². The zero-order valence-electron chi connectivity index (χ0n) is 12.1. The molecule has 118 valence electrons. The molecule has 0 fully saturated rings. The molecule has 0 bridgehead atoms. The SMILES string of the molecule is COc1cc(C)c(F)c(C(=O)c2cc3cc(Cl)ncc3o2)c1F. The van der Waals surface area contributed by atoms with Crippen LogP contribution in [0, 0.1) is 18.6 Å². The van der Waals surface area contributed by atoms with Crippen molar-refractivity contribution in [3.8, 4) is 5.75 Å². The van der Waals surface area contributed by atoms with Crippen molar-refractivity contribution < 1.29 is 22.7 Å². The maximum atomic E-state index is 14.3. The summed E-state index contributed by atoms with van der Waals surface area (Å²) in [6.45, 7) is 1.41. The van der Waals surface area contributed by atoms with E-state index in [-0.39, 0.29) is 27.8 Å². The van der Waals surface area contributed by atoms with Gasteiger partial charge >= 0.3 is 0 Å². The van der Waals surface area contributed by atoms with Crippen LogP contribution in [0.3, 0.4) is 0 Å². The molecule has 1 aromatic carbocycles. The Hall–Kier alpha value is -2.47. The van der Waals surface area contributed by atoms with Gasteiger partial charge in [-0.25, -0.2) is 13.8 Å². The normalized spacial score (nSPS) is 11.0. The maximum Gasteiger partial charge on any atom is 0.234 e. The summed E-state index contributed by atoms with van der Waals surface area (Å²) in [5, 5.41) is 0.723. The molecule has 0 aliphatic carbocycles. The molecule has 2 heterocycles. The van der Waals surface area contributed by atoms with Crippen LogP contribution in [-0.2, 0) is 0 Å². The van der Waals surface area contributed by atoms with E-state index < -0.39 is 23.0 Å². The highest BCUT2D eigenvalue weighted by molar-refractivity contribution is 6.30. The number of carbonyl (C=O) groups is 1. The standard InChI is InChI=1S/C16H10ClF2NO3/c1-7-3-9(22-2)15(19)13(14(7)18)16(21)10-4-8-5-12(17)20-6-11(8)23-10/h3-6H,1-2H3. The number of pyridine rings is 1. The zero-order chi connectivity index (χ0) is 16.7. The first kappa shape index (κ1) is 15.4. The number of halogens is 3. The third-order valence-electron chi connectivity index (χ3n) is 3.39. The summed E-state index contributed by atoms with van der Waals surface area (Å²) in [4.78, 5) is 16.3. The fraction of sp³-hybridized carbons (Fsp3) is 0.125. The van der Waals surface area contributed by atoms with Crippen LogP contribution in [-0.4, -0.2) is 17.9 Å². The average Bonchev–Trinajstić information content (AvgIpc) is 2.94. The minimum absolute atomic E-state index is 0.0902. The molecule has 7 heteroatoms. The number of aryl methyl sites for hydroxylation is 1. The number of benzene rings is 1. The Kier molecular flexibility index (Phi) is 3.77. The summed E-state index contributed by atoms with van der Waals surface area (Å²) in [5.41, 5.74) is -0.342. The van der Waals surface area contributed by atoms with E-state index in [1.807, 2.05) is 0 Å². The smallest absolute Gasteiger partial charge is 0.234 e. The zero-order valence-corrected chi connectivity index (χ0v) is 12.9. The van der Waals surface area contributed by atoms with Gasteiger partial charge in [0, 0.05) is 5.39 Å². The molecule has 3 aromatic rings. The summed E-state index contributed by atoms with van der Waals surface area (Å²) < 4.78 is 38.7. The molecule has 0 unspecified atom stereocenters. The van der Waals surface area contributed by atoms with E-state index in [2.05, 4.69) is 4.98 Å². The molecule has 0 amide bonds. The first-order valence-electron chi connectivity index (χ1n) is 6.54. The number of ketones is 1. The summed E-state index contributed by atoms with van der Waals surface area (Å²) >= 11 is 5.76. The molecular weight excluding hydrogens is 328 g/mol. The lowest BCUT2D eigenvalue weighted by Gasteiger charge is -2.09. The maximum absolute atomic E-state index is 14.3. The Morgan fingerprint density at radius 1 is 1.26 bits per heavy atom. The van der Waals surface area contributed by atoms with E-state index in [1.54, 1.807) is 0 Å². The van der Waals surface area contributed by atoms with Gasteiger partial charge in [0.2, 0.25) is 5.78 Å². The van der Waals surface area contributed by atoms with Gasteiger partial charge in [-0.15, -0.1) is 0 Å². The molecule has 0 radical (unpaired) electrons. The predicted molar refractivity (Wildman–Crippen MR) is 80.1 cm³/mol. The number of aromatic nitrogens is 1. The fourth-order valence-electron chi connectivity index (χ4n) is 2.24. The minimum Gasteiger partial charge on any atom is -0.494 e. The average molecular weight is 338 g/mol. The monoisotopic (exact) mass is 337 g/mol. The van der Waals surface area contributed by atoms with Gasteiger partial charge in [-0.3, -0.25) is 4.79 Å². The molecule has 0 saturated carbocycles. The van der Waals surface area contributed by atoms with E-state index in [0.29, 0.717) is 5.39 Å². The van der Waals surface area contributed by atoms with Crippen LogP contribution in [0.2, 0.25) is 5.15 Å². The lowest BCUT2D eigenvalue weighted by atomic mass is 10.0. The van der Waals surface area contributed by atoms with E-state index in [1.165, 1.54) is 38.4 Å². The van der Waals surface area contributed by atoms with Crippen molar-refractivity contribution in [1.29, 1.82) is 0 Å². The van der Waals surface area contributed by atoms with Crippen LogP contribution in [0.15, 0.2) is 28.8 Å². The van der Waals surface area contributed by atoms with Crippen LogP contribution >= 0.6 is 11.6 Å². The van der Waals surface area contributed by atoms with Gasteiger partial charge in [-0.05, 0) is 30.7 Å². The highest BCUT2D eigenvalue weighted by Gasteiger charge is 2.26. The number of ether oxygens (including phenoxy) is 1. The molecule has 23 heavy (non-hydrogen) atoms. The van der Waals surface area contributed by atoms with Gasteiger partial charge in [0.1, 0.15) is 16.5 Å². The largest absolute Gasteiger partial charge is 0.494 e. The highest BCUT2D eigenvalue weighted by atomic mass is 35.5. The Bertz CT molecular complexity index is 937. The van der Waals surface area contributed by atoms with Crippen LogP contribution in [0.4, 0.5) is 8.78 Å². The lowest BCUT2D eigenvalue weighted by Crippen LogP contribution is -2.09. The van der Waals surface area contributed by atoms with Gasteiger partial charge in [0.25, 0.3) is 0 Å². The van der Waals surface area contributed by atoms with Crippen molar-refractivity contribution >= 4 is 28.4 Å². The molecule has 0 aliphatic rings. The van der Waals surface area contributed by atoms with Crippen LogP contribution in [0.5, 0.6) is 5.75 Å². The number of hydrogen-bond acceptors (Lipinski definition) is 4. The number of carbonyl (C=O) groups excluding carboxylic acids is 1. The summed E-state index contributed by atoms with van der Waals surface area (Å²) in [6, 6.07) is 4.03. The van der Waals surface area contributed by atoms with Crippen molar-refractivity contribution in [1.82, 2.24) is 4.98 Å². The second-order valence-electron chi connectivity index (χ2n) is 4.88. The molecule has 0 aliphatic heterocycles.